The molecule has 0 spiro atoms. The van der Waals surface area contributed by atoms with Crippen molar-refractivity contribution in [3.05, 3.63) is 57.1 Å². The first-order valence-electron chi connectivity index (χ1n) is 7.72. The number of phenols is 1. The number of ether oxygens (including phenoxy) is 2. The molecule has 0 fully saturated rings. The van der Waals surface area contributed by atoms with Crippen LogP contribution < -0.4 is 10.5 Å². The standard InChI is InChI=1S/C18H17Cl2NO5.ClH/c1-2-25-15(23)9-26-14-6-5-12(16(19)17(14)20)18(24)11-4-3-10(8-21)7-13(11)22;/h3-7,22H,2,8-9,21H2,1H3;1H. The number of benzene rings is 2. The summed E-state index contributed by atoms with van der Waals surface area (Å²) in [5.74, 6) is -1.11. The second kappa shape index (κ2) is 10.4. The van der Waals surface area contributed by atoms with Crippen LogP contribution in [0.5, 0.6) is 11.5 Å². The van der Waals surface area contributed by atoms with Gasteiger partial charge in [-0.25, -0.2) is 4.79 Å². The Labute approximate surface area is 172 Å². The number of carbonyl (C=O) groups is 2. The Morgan fingerprint density at radius 1 is 1.11 bits per heavy atom. The molecule has 0 aliphatic rings. The van der Waals surface area contributed by atoms with Gasteiger partial charge in [-0.1, -0.05) is 29.3 Å². The fraction of sp³-hybridized carbons (Fsp3) is 0.222. The monoisotopic (exact) mass is 433 g/mol. The van der Waals surface area contributed by atoms with Crippen molar-refractivity contribution >= 4 is 47.4 Å². The quantitative estimate of drug-likeness (QED) is 0.508. The second-order valence-corrected chi connectivity index (χ2v) is 5.97. The summed E-state index contributed by atoms with van der Waals surface area (Å²) >= 11 is 12.3. The van der Waals surface area contributed by atoms with Crippen LogP contribution in [0.3, 0.4) is 0 Å². The van der Waals surface area contributed by atoms with Crippen LogP contribution in [0, 0.1) is 0 Å². The zero-order chi connectivity index (χ0) is 19.3. The van der Waals surface area contributed by atoms with Crippen LogP contribution in [0.1, 0.15) is 28.4 Å². The van der Waals surface area contributed by atoms with E-state index in [0.29, 0.717) is 5.56 Å². The first-order chi connectivity index (χ1) is 12.4. The lowest BCUT2D eigenvalue weighted by molar-refractivity contribution is -0.145. The third-order valence-electron chi connectivity index (χ3n) is 3.48. The van der Waals surface area contributed by atoms with Crippen molar-refractivity contribution in [3.63, 3.8) is 0 Å². The summed E-state index contributed by atoms with van der Waals surface area (Å²) in [4.78, 5) is 24.0. The topological polar surface area (TPSA) is 98.9 Å². The average molecular weight is 435 g/mol. The molecule has 6 nitrogen and oxygen atoms in total. The van der Waals surface area contributed by atoms with Gasteiger partial charge in [0, 0.05) is 12.1 Å². The molecule has 9 heteroatoms. The maximum atomic E-state index is 12.7. The smallest absolute Gasteiger partial charge is 0.344 e. The number of halogens is 3. The van der Waals surface area contributed by atoms with Crippen molar-refractivity contribution in [2.75, 3.05) is 13.2 Å². The van der Waals surface area contributed by atoms with E-state index in [1.54, 1.807) is 13.0 Å². The predicted octanol–water partition coefficient (Wildman–Crippen LogP) is 3.75. The first kappa shape index (κ1) is 23.0. The van der Waals surface area contributed by atoms with Gasteiger partial charge in [-0.05, 0) is 36.8 Å². The Hall–Kier alpha value is -1.99. The van der Waals surface area contributed by atoms with Crippen LogP contribution in [0.2, 0.25) is 10.0 Å². The number of ketones is 1. The molecule has 2 aromatic rings. The Morgan fingerprint density at radius 3 is 2.37 bits per heavy atom. The Bertz CT molecular complexity index is 842. The Morgan fingerprint density at radius 2 is 1.78 bits per heavy atom. The average Bonchev–Trinajstić information content (AvgIpc) is 2.62. The summed E-state index contributed by atoms with van der Waals surface area (Å²) in [5, 5.41) is 9.98. The molecule has 3 N–H and O–H groups in total. The zero-order valence-electron chi connectivity index (χ0n) is 14.3. The van der Waals surface area contributed by atoms with E-state index in [9.17, 15) is 14.7 Å². The molecule has 2 rings (SSSR count). The third-order valence-corrected chi connectivity index (χ3v) is 4.35. The fourth-order valence-electron chi connectivity index (χ4n) is 2.20. The molecule has 0 amide bonds. The molecular formula is C18H18Cl3NO5. The van der Waals surface area contributed by atoms with Crippen molar-refractivity contribution in [2.45, 2.75) is 13.5 Å². The maximum absolute atomic E-state index is 12.7. The van der Waals surface area contributed by atoms with E-state index in [1.807, 2.05) is 0 Å². The van der Waals surface area contributed by atoms with Gasteiger partial charge in [0.05, 0.1) is 17.2 Å². The van der Waals surface area contributed by atoms with Crippen molar-refractivity contribution in [1.29, 1.82) is 0 Å². The lowest BCUT2D eigenvalue weighted by Crippen LogP contribution is -2.15. The molecular weight excluding hydrogens is 417 g/mol. The second-order valence-electron chi connectivity index (χ2n) is 5.22. The number of phenolic OH excluding ortho intramolecular Hbond substituents is 1. The number of aromatic hydroxyl groups is 1. The highest BCUT2D eigenvalue weighted by Gasteiger charge is 2.21. The highest BCUT2D eigenvalue weighted by atomic mass is 35.5. The molecule has 0 bridgehead atoms. The normalized spacial score (nSPS) is 10.1. The van der Waals surface area contributed by atoms with Crippen LogP contribution in [-0.2, 0) is 16.1 Å². The van der Waals surface area contributed by atoms with E-state index < -0.39 is 11.8 Å². The zero-order valence-corrected chi connectivity index (χ0v) is 16.7. The molecule has 27 heavy (non-hydrogen) atoms. The van der Waals surface area contributed by atoms with Gasteiger partial charge in [-0.2, -0.15) is 0 Å². The summed E-state index contributed by atoms with van der Waals surface area (Å²) in [6.45, 7) is 1.81. The van der Waals surface area contributed by atoms with E-state index in [-0.39, 0.29) is 64.8 Å². The number of carbonyl (C=O) groups excluding carboxylic acids is 2. The fourth-order valence-corrected chi connectivity index (χ4v) is 2.66. The van der Waals surface area contributed by atoms with E-state index >= 15 is 0 Å². The van der Waals surface area contributed by atoms with E-state index in [2.05, 4.69) is 0 Å². The number of rotatable bonds is 7. The molecule has 146 valence electrons. The number of nitrogens with two attached hydrogens (primary N) is 1. The van der Waals surface area contributed by atoms with Gasteiger partial charge in [-0.3, -0.25) is 4.79 Å². The molecule has 0 heterocycles. The summed E-state index contributed by atoms with van der Waals surface area (Å²) in [6, 6.07) is 7.35. The lowest BCUT2D eigenvalue weighted by Gasteiger charge is -2.12. The third kappa shape index (κ3) is 5.49. The molecule has 0 saturated heterocycles. The van der Waals surface area contributed by atoms with Gasteiger partial charge in [0.15, 0.2) is 12.4 Å². The number of hydrogen-bond donors (Lipinski definition) is 2. The van der Waals surface area contributed by atoms with E-state index in [4.69, 9.17) is 38.4 Å². The van der Waals surface area contributed by atoms with Crippen LogP contribution in [0.25, 0.3) is 0 Å². The summed E-state index contributed by atoms with van der Waals surface area (Å²) in [6.07, 6.45) is 0. The maximum Gasteiger partial charge on any atom is 0.344 e. The molecule has 2 aromatic carbocycles. The Kier molecular flexibility index (Phi) is 8.85. The first-order valence-corrected chi connectivity index (χ1v) is 8.47. The van der Waals surface area contributed by atoms with E-state index in [1.165, 1.54) is 24.3 Å². The largest absolute Gasteiger partial charge is 0.507 e. The van der Waals surface area contributed by atoms with Crippen LogP contribution in [-0.4, -0.2) is 30.1 Å². The number of esters is 1. The van der Waals surface area contributed by atoms with Gasteiger partial charge in [0.1, 0.15) is 16.5 Å². The minimum atomic E-state index is -0.551. The van der Waals surface area contributed by atoms with Gasteiger partial charge in [0.2, 0.25) is 0 Å². The van der Waals surface area contributed by atoms with Crippen LogP contribution >= 0.6 is 35.6 Å². The van der Waals surface area contributed by atoms with Gasteiger partial charge >= 0.3 is 5.97 Å². The van der Waals surface area contributed by atoms with Gasteiger partial charge < -0.3 is 20.3 Å². The molecule has 0 radical (unpaired) electrons. The molecule has 0 aromatic heterocycles. The van der Waals surface area contributed by atoms with Crippen molar-refractivity contribution in [2.24, 2.45) is 5.73 Å². The number of hydrogen-bond acceptors (Lipinski definition) is 6. The van der Waals surface area contributed by atoms with Crippen LogP contribution in [0.15, 0.2) is 30.3 Å². The lowest BCUT2D eigenvalue weighted by atomic mass is 10.0. The minimum absolute atomic E-state index is 0. The highest BCUT2D eigenvalue weighted by Crippen LogP contribution is 2.36. The van der Waals surface area contributed by atoms with Gasteiger partial charge in [-0.15, -0.1) is 12.4 Å². The Balaban J connectivity index is 0.00000364. The van der Waals surface area contributed by atoms with E-state index in [0.717, 1.165) is 0 Å². The van der Waals surface area contributed by atoms with Crippen molar-refractivity contribution < 1.29 is 24.2 Å². The van der Waals surface area contributed by atoms with Gasteiger partial charge in [0.25, 0.3) is 0 Å². The summed E-state index contributed by atoms with van der Waals surface area (Å²) in [5.41, 5.74) is 6.35. The SMILES string of the molecule is CCOC(=O)COc1ccc(C(=O)c2ccc(CN)cc2O)c(Cl)c1Cl.Cl. The van der Waals surface area contributed by atoms with Crippen molar-refractivity contribution in [1.82, 2.24) is 0 Å². The molecule has 0 saturated carbocycles. The molecule has 0 atom stereocenters. The summed E-state index contributed by atoms with van der Waals surface area (Å²) < 4.78 is 10.0. The minimum Gasteiger partial charge on any atom is -0.507 e. The molecule has 0 unspecified atom stereocenters. The molecule has 0 aliphatic heterocycles. The molecule has 0 aliphatic carbocycles. The van der Waals surface area contributed by atoms with Crippen molar-refractivity contribution in [3.8, 4) is 11.5 Å². The highest BCUT2D eigenvalue weighted by molar-refractivity contribution is 6.45. The predicted molar refractivity (Wildman–Crippen MR) is 105 cm³/mol. The van der Waals surface area contributed by atoms with Crippen LogP contribution in [0.4, 0.5) is 0 Å². The summed E-state index contributed by atoms with van der Waals surface area (Å²) in [7, 11) is 0.